The normalized spacial score (nSPS) is 17.0. The molecule has 144 valence electrons. The molecule has 7 heteroatoms. The lowest BCUT2D eigenvalue weighted by Crippen LogP contribution is -2.47. The second kappa shape index (κ2) is 9.19. The summed E-state index contributed by atoms with van der Waals surface area (Å²) in [5.41, 5.74) is 1.91. The molecule has 6 nitrogen and oxygen atoms in total. The van der Waals surface area contributed by atoms with Crippen LogP contribution in [0.1, 0.15) is 31.1 Å². The summed E-state index contributed by atoms with van der Waals surface area (Å²) in [6, 6.07) is 11.6. The Morgan fingerprint density at radius 2 is 2.26 bits per heavy atom. The van der Waals surface area contributed by atoms with Crippen LogP contribution in [0.3, 0.4) is 0 Å². The number of hydrogen-bond acceptors (Lipinski definition) is 4. The number of carbonyl (C=O) groups is 1. The topological polar surface area (TPSA) is 63.7 Å². The van der Waals surface area contributed by atoms with E-state index < -0.39 is 0 Å². The summed E-state index contributed by atoms with van der Waals surface area (Å²) in [5.74, 6) is 0.557. The number of urea groups is 1. The molecule has 1 unspecified atom stereocenters. The maximum atomic E-state index is 12.6. The molecule has 1 N–H and O–H groups in total. The zero-order chi connectivity index (χ0) is 19.2. The zero-order valence-electron chi connectivity index (χ0n) is 15.5. The van der Waals surface area contributed by atoms with Crippen molar-refractivity contribution in [2.45, 2.75) is 32.6 Å². The van der Waals surface area contributed by atoms with Crippen LogP contribution in [0.5, 0.6) is 5.88 Å². The summed E-state index contributed by atoms with van der Waals surface area (Å²) in [7, 11) is 0. The molecule has 2 heterocycles. The van der Waals surface area contributed by atoms with Crippen molar-refractivity contribution in [3.8, 4) is 5.88 Å². The lowest BCUT2D eigenvalue weighted by Gasteiger charge is -2.33. The number of benzene rings is 1. The molecule has 1 aliphatic heterocycles. The molecule has 1 saturated heterocycles. The molecule has 27 heavy (non-hydrogen) atoms. The van der Waals surface area contributed by atoms with E-state index in [1.807, 2.05) is 50.2 Å². The number of aromatic nitrogens is 1. The van der Waals surface area contributed by atoms with Gasteiger partial charge in [0.05, 0.1) is 19.3 Å². The van der Waals surface area contributed by atoms with Crippen LogP contribution in [0.15, 0.2) is 47.1 Å². The number of pyridine rings is 1. The minimum atomic E-state index is -0.125. The van der Waals surface area contributed by atoms with Crippen molar-refractivity contribution in [2.24, 2.45) is 0 Å². The van der Waals surface area contributed by atoms with E-state index in [9.17, 15) is 4.79 Å². The molecular formula is C20H24BrN3O3. The van der Waals surface area contributed by atoms with E-state index >= 15 is 0 Å². The standard InChI is InChI=1S/C20H24BrN3O3/c1-14(2)27-19-16(6-4-8-22-19)12-23-20(25)24-9-10-26-18(13-24)15-5-3-7-17(21)11-15/h3-8,11,14,18H,9-10,12-13H2,1-2H3,(H,23,25). The molecule has 0 saturated carbocycles. The Morgan fingerprint density at radius 1 is 1.41 bits per heavy atom. The third kappa shape index (κ3) is 5.43. The van der Waals surface area contributed by atoms with Gasteiger partial charge in [0.15, 0.2) is 0 Å². The monoisotopic (exact) mass is 433 g/mol. The maximum absolute atomic E-state index is 12.6. The molecule has 1 aliphatic rings. The summed E-state index contributed by atoms with van der Waals surface area (Å²) in [6.45, 7) is 5.87. The van der Waals surface area contributed by atoms with Crippen LogP contribution >= 0.6 is 15.9 Å². The van der Waals surface area contributed by atoms with Crippen molar-refractivity contribution in [3.63, 3.8) is 0 Å². The first-order valence-corrected chi connectivity index (χ1v) is 9.82. The minimum absolute atomic E-state index is 0.0274. The van der Waals surface area contributed by atoms with Gasteiger partial charge < -0.3 is 19.7 Å². The minimum Gasteiger partial charge on any atom is -0.475 e. The number of nitrogens with zero attached hydrogens (tertiary/aromatic N) is 2. The highest BCUT2D eigenvalue weighted by Crippen LogP contribution is 2.25. The average molecular weight is 434 g/mol. The van der Waals surface area contributed by atoms with Crippen molar-refractivity contribution >= 4 is 22.0 Å². The second-order valence-corrected chi connectivity index (χ2v) is 7.57. The fraction of sp³-hybridized carbons (Fsp3) is 0.400. The highest BCUT2D eigenvalue weighted by atomic mass is 79.9. The Balaban J connectivity index is 1.60. The van der Waals surface area contributed by atoms with E-state index in [-0.39, 0.29) is 18.2 Å². The Hall–Kier alpha value is -2.12. The van der Waals surface area contributed by atoms with Crippen LogP contribution in [0.25, 0.3) is 0 Å². The average Bonchev–Trinajstić information content (AvgIpc) is 2.67. The van der Waals surface area contributed by atoms with E-state index in [0.717, 1.165) is 15.6 Å². The summed E-state index contributed by atoms with van der Waals surface area (Å²) < 4.78 is 12.6. The number of nitrogens with one attached hydrogen (secondary N) is 1. The molecule has 0 aliphatic carbocycles. The van der Waals surface area contributed by atoms with Gasteiger partial charge in [0.2, 0.25) is 5.88 Å². The largest absolute Gasteiger partial charge is 0.475 e. The first kappa shape index (κ1) is 19.6. The first-order valence-electron chi connectivity index (χ1n) is 9.03. The quantitative estimate of drug-likeness (QED) is 0.775. The van der Waals surface area contributed by atoms with Crippen LogP contribution in [-0.4, -0.2) is 41.7 Å². The van der Waals surface area contributed by atoms with E-state index in [1.165, 1.54) is 0 Å². The van der Waals surface area contributed by atoms with Gasteiger partial charge in [-0.25, -0.2) is 9.78 Å². The Morgan fingerprint density at radius 3 is 3.04 bits per heavy atom. The number of amides is 2. The molecule has 1 aromatic carbocycles. The highest BCUT2D eigenvalue weighted by molar-refractivity contribution is 9.10. The summed E-state index contributed by atoms with van der Waals surface area (Å²) in [6.07, 6.45) is 1.59. The summed E-state index contributed by atoms with van der Waals surface area (Å²) in [4.78, 5) is 18.7. The zero-order valence-corrected chi connectivity index (χ0v) is 17.1. The molecule has 3 rings (SSSR count). The number of morpholine rings is 1. The fourth-order valence-corrected chi connectivity index (χ4v) is 3.33. The Labute approximate surface area is 168 Å². The van der Waals surface area contributed by atoms with Crippen molar-refractivity contribution in [1.29, 1.82) is 0 Å². The number of carbonyl (C=O) groups excluding carboxylic acids is 1. The summed E-state index contributed by atoms with van der Waals surface area (Å²) >= 11 is 3.48. The van der Waals surface area contributed by atoms with Gasteiger partial charge in [-0.2, -0.15) is 0 Å². The molecule has 2 aromatic rings. The number of rotatable bonds is 5. The predicted molar refractivity (Wildman–Crippen MR) is 107 cm³/mol. The number of hydrogen-bond donors (Lipinski definition) is 1. The third-order valence-electron chi connectivity index (χ3n) is 4.20. The highest BCUT2D eigenvalue weighted by Gasteiger charge is 2.25. The Kier molecular flexibility index (Phi) is 6.68. The third-order valence-corrected chi connectivity index (χ3v) is 4.69. The van der Waals surface area contributed by atoms with Gasteiger partial charge in [-0.05, 0) is 37.6 Å². The maximum Gasteiger partial charge on any atom is 0.317 e. The van der Waals surface area contributed by atoms with Crippen molar-refractivity contribution < 1.29 is 14.3 Å². The van der Waals surface area contributed by atoms with E-state index in [0.29, 0.717) is 32.1 Å². The van der Waals surface area contributed by atoms with Crippen molar-refractivity contribution in [3.05, 3.63) is 58.2 Å². The first-order chi connectivity index (χ1) is 13.0. The molecule has 1 atom stereocenters. The van der Waals surface area contributed by atoms with E-state index in [2.05, 4.69) is 26.2 Å². The van der Waals surface area contributed by atoms with Crippen LogP contribution < -0.4 is 10.1 Å². The summed E-state index contributed by atoms with van der Waals surface area (Å²) in [5, 5.41) is 2.97. The fourth-order valence-electron chi connectivity index (χ4n) is 2.91. The second-order valence-electron chi connectivity index (χ2n) is 6.65. The number of ether oxygens (including phenoxy) is 2. The Bertz CT molecular complexity index is 785. The van der Waals surface area contributed by atoms with Gasteiger partial charge in [0.25, 0.3) is 0 Å². The van der Waals surface area contributed by atoms with Gasteiger partial charge in [-0.1, -0.05) is 34.1 Å². The van der Waals surface area contributed by atoms with Gasteiger partial charge in [0.1, 0.15) is 6.10 Å². The molecule has 0 spiro atoms. The lowest BCUT2D eigenvalue weighted by atomic mass is 10.1. The van der Waals surface area contributed by atoms with Crippen LogP contribution in [0.2, 0.25) is 0 Å². The molecular weight excluding hydrogens is 410 g/mol. The molecule has 0 bridgehead atoms. The molecule has 1 fully saturated rings. The lowest BCUT2D eigenvalue weighted by molar-refractivity contribution is -0.0155. The predicted octanol–water partition coefficient (Wildman–Crippen LogP) is 3.91. The van der Waals surface area contributed by atoms with Crippen molar-refractivity contribution in [1.82, 2.24) is 15.2 Å². The smallest absolute Gasteiger partial charge is 0.317 e. The molecule has 1 aromatic heterocycles. The van der Waals surface area contributed by atoms with Crippen LogP contribution in [0.4, 0.5) is 4.79 Å². The van der Waals surface area contributed by atoms with Crippen LogP contribution in [-0.2, 0) is 11.3 Å². The molecule has 0 radical (unpaired) electrons. The molecule has 2 amide bonds. The van der Waals surface area contributed by atoms with Crippen molar-refractivity contribution in [2.75, 3.05) is 19.7 Å². The van der Waals surface area contributed by atoms with Gasteiger partial charge in [-0.15, -0.1) is 0 Å². The SMILES string of the molecule is CC(C)Oc1ncccc1CNC(=O)N1CCOC(c2cccc(Br)c2)C1. The number of halogens is 1. The van der Waals surface area contributed by atoms with Gasteiger partial charge in [-0.3, -0.25) is 0 Å². The van der Waals surface area contributed by atoms with E-state index in [4.69, 9.17) is 9.47 Å². The van der Waals surface area contributed by atoms with Crippen LogP contribution in [0, 0.1) is 0 Å². The van der Waals surface area contributed by atoms with Gasteiger partial charge >= 0.3 is 6.03 Å². The van der Waals surface area contributed by atoms with E-state index in [1.54, 1.807) is 11.1 Å². The van der Waals surface area contributed by atoms with Gasteiger partial charge in [0, 0.05) is 29.3 Å².